The fraction of sp³-hybridized carbons (Fsp3) is 0.296. The summed E-state index contributed by atoms with van der Waals surface area (Å²) in [5.41, 5.74) is 3.93. The summed E-state index contributed by atoms with van der Waals surface area (Å²) in [6, 6.07) is 11.5. The van der Waals surface area contributed by atoms with Crippen LogP contribution in [0.1, 0.15) is 39.9 Å². The molecule has 35 heavy (non-hydrogen) atoms. The Hall–Kier alpha value is -3.94. The molecular weight excluding hydrogens is 447 g/mol. The zero-order valence-electron chi connectivity index (χ0n) is 19.5. The minimum absolute atomic E-state index is 0.0989. The van der Waals surface area contributed by atoms with Crippen LogP contribution in [0.3, 0.4) is 0 Å². The second-order valence-corrected chi connectivity index (χ2v) is 9.06. The van der Waals surface area contributed by atoms with E-state index in [0.717, 1.165) is 47.4 Å². The van der Waals surface area contributed by atoms with Crippen molar-refractivity contribution < 1.29 is 19.0 Å². The summed E-state index contributed by atoms with van der Waals surface area (Å²) in [5, 5.41) is 18.9. The molecule has 1 fully saturated rings. The monoisotopic (exact) mass is 474 g/mol. The van der Waals surface area contributed by atoms with E-state index in [9.17, 15) is 14.3 Å². The molecule has 0 bridgehead atoms. The fourth-order valence-electron chi connectivity index (χ4n) is 4.25. The number of aromatic carboxylic acids is 1. The molecule has 0 radical (unpaired) electrons. The van der Waals surface area contributed by atoms with Gasteiger partial charge in [-0.3, -0.25) is 9.36 Å². The van der Waals surface area contributed by atoms with E-state index in [-0.39, 0.29) is 5.56 Å². The van der Waals surface area contributed by atoms with E-state index in [2.05, 4.69) is 11.3 Å². The molecule has 0 amide bonds. The van der Waals surface area contributed by atoms with E-state index in [1.807, 2.05) is 41.3 Å². The molecule has 1 N–H and O–H groups in total. The summed E-state index contributed by atoms with van der Waals surface area (Å²) >= 11 is 0. The van der Waals surface area contributed by atoms with Gasteiger partial charge in [0.05, 0.1) is 31.1 Å². The van der Waals surface area contributed by atoms with Gasteiger partial charge in [0.15, 0.2) is 0 Å². The van der Waals surface area contributed by atoms with Gasteiger partial charge in [0.2, 0.25) is 0 Å². The molecule has 2 heterocycles. The predicted octanol–water partition coefficient (Wildman–Crippen LogP) is 4.84. The summed E-state index contributed by atoms with van der Waals surface area (Å²) in [5.74, 6) is -0.251. The average Bonchev–Trinajstić information content (AvgIpc) is 3.40. The van der Waals surface area contributed by atoms with Gasteiger partial charge in [-0.2, -0.15) is 10.2 Å². The summed E-state index contributed by atoms with van der Waals surface area (Å²) in [6.07, 6.45) is 9.87. The van der Waals surface area contributed by atoms with E-state index in [1.54, 1.807) is 11.8 Å². The van der Waals surface area contributed by atoms with E-state index in [1.165, 1.54) is 25.0 Å². The molecule has 0 saturated heterocycles. The Morgan fingerprint density at radius 1 is 1.09 bits per heavy atom. The van der Waals surface area contributed by atoms with Crippen molar-refractivity contribution >= 4 is 5.97 Å². The molecular formula is C27H27FN4O3. The number of methoxy groups -OCH3 is 1. The lowest BCUT2D eigenvalue weighted by atomic mass is 9.99. The minimum atomic E-state index is -1.18. The third-order valence-electron chi connectivity index (χ3n) is 6.32. The highest BCUT2D eigenvalue weighted by molar-refractivity contribution is 5.95. The van der Waals surface area contributed by atoms with Gasteiger partial charge >= 0.3 is 5.97 Å². The van der Waals surface area contributed by atoms with Crippen molar-refractivity contribution in [1.82, 2.24) is 19.6 Å². The maximum atomic E-state index is 13.8. The van der Waals surface area contributed by atoms with E-state index < -0.39 is 11.8 Å². The Bertz CT molecular complexity index is 1340. The number of aromatic nitrogens is 4. The van der Waals surface area contributed by atoms with Crippen molar-refractivity contribution in [3.8, 4) is 17.0 Å². The van der Waals surface area contributed by atoms with Gasteiger partial charge < -0.3 is 9.84 Å². The second-order valence-electron chi connectivity index (χ2n) is 9.06. The SMILES string of the molecule is COc1ccc(Cn2cc(CCc3cnn(CC4CC4)c3)c(-c3ccc(F)cc3C(=O)O)n2)cc1. The van der Waals surface area contributed by atoms with Crippen LogP contribution in [0, 0.1) is 11.7 Å². The molecule has 0 aliphatic heterocycles. The maximum Gasteiger partial charge on any atom is 0.336 e. The van der Waals surface area contributed by atoms with Crippen LogP contribution in [0.25, 0.3) is 11.3 Å². The molecule has 5 rings (SSSR count). The number of rotatable bonds is 10. The number of carboxylic acids is 1. The van der Waals surface area contributed by atoms with Gasteiger partial charge in [-0.15, -0.1) is 0 Å². The molecule has 0 spiro atoms. The predicted molar refractivity (Wildman–Crippen MR) is 129 cm³/mol. The first-order valence-electron chi connectivity index (χ1n) is 11.7. The fourth-order valence-corrected chi connectivity index (χ4v) is 4.25. The standard InChI is InChI=1S/C27H27FN4O3/c1-35-23-9-5-19(6-10-23)15-32-17-21(7-4-20-13-29-31(16-20)14-18-2-3-18)26(30-32)24-11-8-22(28)12-25(24)27(33)34/h5-6,8-13,16-18H,2-4,7,14-15H2,1H3,(H,33,34). The lowest BCUT2D eigenvalue weighted by molar-refractivity contribution is 0.0697. The highest BCUT2D eigenvalue weighted by Crippen LogP contribution is 2.31. The summed E-state index contributed by atoms with van der Waals surface area (Å²) < 4.78 is 22.9. The molecule has 2 aromatic heterocycles. The van der Waals surface area contributed by atoms with Crippen molar-refractivity contribution in [3.05, 3.63) is 89.1 Å². The quantitative estimate of drug-likeness (QED) is 0.356. The molecule has 7 nitrogen and oxygen atoms in total. The number of carboxylic acid groups (broad SMARTS) is 1. The third kappa shape index (κ3) is 5.42. The summed E-state index contributed by atoms with van der Waals surface area (Å²) in [7, 11) is 1.62. The number of hydrogen-bond acceptors (Lipinski definition) is 4. The number of hydrogen-bond donors (Lipinski definition) is 1. The summed E-state index contributed by atoms with van der Waals surface area (Å²) in [6.45, 7) is 1.47. The largest absolute Gasteiger partial charge is 0.497 e. The number of aryl methyl sites for hydroxylation is 2. The van der Waals surface area contributed by atoms with Crippen LogP contribution in [0.2, 0.25) is 0 Å². The Kier molecular flexibility index (Phi) is 6.35. The number of ether oxygens (including phenoxy) is 1. The first-order valence-corrected chi connectivity index (χ1v) is 11.7. The number of benzene rings is 2. The number of nitrogens with zero attached hydrogens (tertiary/aromatic N) is 4. The molecule has 8 heteroatoms. The van der Waals surface area contributed by atoms with Crippen LogP contribution in [-0.2, 0) is 25.9 Å². The normalized spacial score (nSPS) is 13.2. The smallest absolute Gasteiger partial charge is 0.336 e. The van der Waals surface area contributed by atoms with Gasteiger partial charge in [0.1, 0.15) is 11.6 Å². The lowest BCUT2D eigenvalue weighted by Gasteiger charge is -2.07. The van der Waals surface area contributed by atoms with Crippen LogP contribution in [-0.4, -0.2) is 37.7 Å². The Balaban J connectivity index is 1.43. The van der Waals surface area contributed by atoms with E-state index >= 15 is 0 Å². The Labute approximate surface area is 202 Å². The number of halogens is 1. The Morgan fingerprint density at radius 2 is 1.89 bits per heavy atom. The van der Waals surface area contributed by atoms with Crippen molar-refractivity contribution in [2.45, 2.75) is 38.8 Å². The molecule has 0 unspecified atom stereocenters. The highest BCUT2D eigenvalue weighted by Gasteiger charge is 2.22. The van der Waals surface area contributed by atoms with E-state index in [4.69, 9.17) is 9.84 Å². The van der Waals surface area contributed by atoms with Crippen molar-refractivity contribution in [2.24, 2.45) is 5.92 Å². The van der Waals surface area contributed by atoms with Gasteiger partial charge in [-0.25, -0.2) is 9.18 Å². The molecule has 1 aliphatic carbocycles. The molecule has 4 aromatic rings. The maximum absolute atomic E-state index is 13.8. The molecule has 180 valence electrons. The molecule has 1 saturated carbocycles. The minimum Gasteiger partial charge on any atom is -0.497 e. The molecule has 0 atom stereocenters. The first kappa shape index (κ1) is 22.8. The molecule has 2 aromatic carbocycles. The van der Waals surface area contributed by atoms with Crippen LogP contribution in [0.15, 0.2) is 61.1 Å². The third-order valence-corrected chi connectivity index (χ3v) is 6.32. The lowest BCUT2D eigenvalue weighted by Crippen LogP contribution is -2.03. The van der Waals surface area contributed by atoms with Crippen LogP contribution < -0.4 is 4.74 Å². The highest BCUT2D eigenvalue weighted by atomic mass is 19.1. The van der Waals surface area contributed by atoms with Crippen molar-refractivity contribution in [1.29, 1.82) is 0 Å². The van der Waals surface area contributed by atoms with Gasteiger partial charge in [-0.1, -0.05) is 12.1 Å². The Morgan fingerprint density at radius 3 is 2.60 bits per heavy atom. The van der Waals surface area contributed by atoms with Gasteiger partial charge in [0.25, 0.3) is 0 Å². The van der Waals surface area contributed by atoms with Crippen LogP contribution in [0.4, 0.5) is 4.39 Å². The first-order chi connectivity index (χ1) is 17.0. The van der Waals surface area contributed by atoms with Crippen molar-refractivity contribution in [3.63, 3.8) is 0 Å². The van der Waals surface area contributed by atoms with Crippen LogP contribution in [0.5, 0.6) is 5.75 Å². The average molecular weight is 475 g/mol. The second kappa shape index (κ2) is 9.74. The van der Waals surface area contributed by atoms with E-state index in [0.29, 0.717) is 24.2 Å². The summed E-state index contributed by atoms with van der Waals surface area (Å²) in [4.78, 5) is 11.9. The van der Waals surface area contributed by atoms with Crippen molar-refractivity contribution in [2.75, 3.05) is 7.11 Å². The zero-order chi connectivity index (χ0) is 24.4. The topological polar surface area (TPSA) is 82.2 Å². The number of carbonyl (C=O) groups is 1. The van der Waals surface area contributed by atoms with Gasteiger partial charge in [-0.05, 0) is 78.6 Å². The zero-order valence-corrected chi connectivity index (χ0v) is 19.5. The molecule has 1 aliphatic rings. The van der Waals surface area contributed by atoms with Crippen LogP contribution >= 0.6 is 0 Å². The van der Waals surface area contributed by atoms with Gasteiger partial charge in [0, 0.05) is 24.5 Å².